The topological polar surface area (TPSA) is 61.5 Å². The number of aliphatic imine (C=N–C) groups is 1. The Kier molecular flexibility index (Phi) is 7.77. The van der Waals surface area contributed by atoms with Gasteiger partial charge in [-0.2, -0.15) is 5.56 Å². The van der Waals surface area contributed by atoms with Crippen molar-refractivity contribution < 1.29 is 33.3 Å². The molecule has 0 N–H and O–H groups in total. The van der Waals surface area contributed by atoms with Gasteiger partial charge in [-0.05, 0) is 96.8 Å². The molecular formula is C44H44N4O2Pt. The molecule has 1 aliphatic carbocycles. The van der Waals surface area contributed by atoms with Crippen LogP contribution in [0.4, 0.5) is 0 Å². The first-order valence-electron chi connectivity index (χ1n) is 18.4. The van der Waals surface area contributed by atoms with Gasteiger partial charge in [-0.15, -0.1) is 24.3 Å². The maximum absolute atomic E-state index is 9.35. The SMILES string of the molecule is [2H]C1([2H])c2c(ccc(C)c2C)[C@@]2(C)N=C(c3[c-]c(Oc4[c-]c(-n5c6ccc(C(C)(C)C)cc6c6cccnc65)cc(C)c4)cc(C(C)C)n3)O[C@@]12C.[Pt+2]. The van der Waals surface area contributed by atoms with Crippen LogP contribution in [-0.4, -0.2) is 26.0 Å². The first kappa shape index (κ1) is 32.6. The third-order valence-corrected chi connectivity index (χ3v) is 10.6. The van der Waals surface area contributed by atoms with Gasteiger partial charge in [0.15, 0.2) is 0 Å². The summed E-state index contributed by atoms with van der Waals surface area (Å²) in [5.74, 6) is 1.30. The Morgan fingerprint density at radius 3 is 2.47 bits per heavy atom. The summed E-state index contributed by atoms with van der Waals surface area (Å²) in [6.45, 7) is 20.6. The number of hydrogen-bond donors (Lipinski definition) is 0. The molecule has 6 nitrogen and oxygen atoms in total. The van der Waals surface area contributed by atoms with Gasteiger partial charge in [0.2, 0.25) is 0 Å². The van der Waals surface area contributed by atoms with Gasteiger partial charge in [-0.25, -0.2) is 4.98 Å². The van der Waals surface area contributed by atoms with Crippen molar-refractivity contribution in [2.24, 2.45) is 4.99 Å². The number of pyridine rings is 2. The second-order valence-electron chi connectivity index (χ2n) is 15.6. The van der Waals surface area contributed by atoms with E-state index in [1.54, 1.807) is 0 Å². The van der Waals surface area contributed by atoms with Crippen molar-refractivity contribution in [1.29, 1.82) is 0 Å². The predicted octanol–water partition coefficient (Wildman–Crippen LogP) is 10.3. The molecule has 0 saturated heterocycles. The van der Waals surface area contributed by atoms with Crippen molar-refractivity contribution >= 4 is 27.8 Å². The summed E-state index contributed by atoms with van der Waals surface area (Å²) < 4.78 is 34.0. The minimum atomic E-state index is -1.80. The molecule has 0 spiro atoms. The van der Waals surface area contributed by atoms with Crippen molar-refractivity contribution in [2.75, 3.05) is 0 Å². The number of aryl methyl sites for hydroxylation is 2. The van der Waals surface area contributed by atoms with Crippen molar-refractivity contribution in [3.05, 3.63) is 124 Å². The molecule has 3 aromatic carbocycles. The van der Waals surface area contributed by atoms with Gasteiger partial charge in [-0.3, -0.25) is 9.98 Å². The van der Waals surface area contributed by atoms with Gasteiger partial charge in [-0.1, -0.05) is 71.5 Å². The summed E-state index contributed by atoms with van der Waals surface area (Å²) in [6.07, 6.45) is 0.0297. The van der Waals surface area contributed by atoms with Gasteiger partial charge >= 0.3 is 21.1 Å². The number of fused-ring (bicyclic) bond motifs is 6. The van der Waals surface area contributed by atoms with Gasteiger partial charge in [0.25, 0.3) is 0 Å². The summed E-state index contributed by atoms with van der Waals surface area (Å²) in [5.41, 5.74) is 7.38. The van der Waals surface area contributed by atoms with E-state index in [2.05, 4.69) is 81.7 Å². The Balaban J connectivity index is 0.00000435. The fraction of sp³-hybridized carbons (Fsp3) is 0.341. The summed E-state index contributed by atoms with van der Waals surface area (Å²) in [6, 6.07) is 27.6. The maximum Gasteiger partial charge on any atom is 2.00 e. The van der Waals surface area contributed by atoms with Crippen LogP contribution < -0.4 is 4.74 Å². The Morgan fingerprint density at radius 1 is 0.961 bits per heavy atom. The van der Waals surface area contributed by atoms with E-state index in [4.69, 9.17) is 24.4 Å². The molecular weight excluding hydrogens is 812 g/mol. The van der Waals surface area contributed by atoms with E-state index in [1.807, 2.05) is 71.1 Å². The van der Waals surface area contributed by atoms with Crippen LogP contribution in [0.25, 0.3) is 27.6 Å². The van der Waals surface area contributed by atoms with E-state index in [0.29, 0.717) is 22.8 Å². The minimum Gasteiger partial charge on any atom is -0.524 e. The molecule has 0 saturated carbocycles. The van der Waals surface area contributed by atoms with Crippen LogP contribution >= 0.6 is 0 Å². The first-order valence-corrected chi connectivity index (χ1v) is 17.4. The van der Waals surface area contributed by atoms with Crippen LogP contribution in [-0.2, 0) is 43.1 Å². The molecule has 6 aromatic rings. The van der Waals surface area contributed by atoms with E-state index < -0.39 is 17.5 Å². The van der Waals surface area contributed by atoms with Crippen molar-refractivity contribution in [3.8, 4) is 17.2 Å². The molecule has 2 atom stereocenters. The quantitative estimate of drug-likeness (QED) is 0.162. The molecule has 0 fully saturated rings. The van der Waals surface area contributed by atoms with Gasteiger partial charge in [0.1, 0.15) is 22.7 Å². The molecule has 51 heavy (non-hydrogen) atoms. The molecule has 8 rings (SSSR count). The van der Waals surface area contributed by atoms with Crippen molar-refractivity contribution in [1.82, 2.24) is 14.5 Å². The fourth-order valence-electron chi connectivity index (χ4n) is 7.25. The Bertz CT molecular complexity index is 2500. The fourth-order valence-corrected chi connectivity index (χ4v) is 7.25. The zero-order valence-electron chi connectivity index (χ0n) is 32.8. The smallest absolute Gasteiger partial charge is 0.524 e. The van der Waals surface area contributed by atoms with Gasteiger partial charge < -0.3 is 14.0 Å². The van der Waals surface area contributed by atoms with E-state index in [-0.39, 0.29) is 38.3 Å². The number of aromatic nitrogens is 3. The molecule has 0 amide bonds. The van der Waals surface area contributed by atoms with E-state index in [1.165, 1.54) is 5.56 Å². The number of ether oxygens (including phenoxy) is 2. The molecule has 0 bridgehead atoms. The summed E-state index contributed by atoms with van der Waals surface area (Å²) >= 11 is 0. The molecule has 0 unspecified atom stereocenters. The number of rotatable bonds is 5. The monoisotopic (exact) mass is 857 g/mol. The number of benzene rings is 3. The first-order chi connectivity index (χ1) is 24.4. The van der Waals surface area contributed by atoms with Crippen molar-refractivity contribution in [3.63, 3.8) is 0 Å². The third-order valence-electron chi connectivity index (χ3n) is 10.6. The van der Waals surface area contributed by atoms with E-state index >= 15 is 0 Å². The molecule has 0 radical (unpaired) electrons. The van der Waals surface area contributed by atoms with Crippen LogP contribution in [0.5, 0.6) is 11.5 Å². The zero-order chi connectivity index (χ0) is 37.1. The van der Waals surface area contributed by atoms with Gasteiger partial charge in [0.05, 0.1) is 5.52 Å². The largest absolute Gasteiger partial charge is 2.00 e. The Labute approximate surface area is 318 Å². The average molecular weight is 858 g/mol. The second kappa shape index (κ2) is 12.2. The summed E-state index contributed by atoms with van der Waals surface area (Å²) in [5, 5.41) is 2.22. The number of nitrogens with zero attached hydrogens (tertiary/aromatic N) is 4. The Morgan fingerprint density at radius 2 is 1.73 bits per heavy atom. The number of hydrogen-bond acceptors (Lipinski definition) is 5. The predicted molar refractivity (Wildman–Crippen MR) is 201 cm³/mol. The van der Waals surface area contributed by atoms with Crippen LogP contribution in [0.15, 0.2) is 71.9 Å². The average Bonchev–Trinajstić information content (AvgIpc) is 3.61. The van der Waals surface area contributed by atoms with E-state index in [9.17, 15) is 2.74 Å². The maximum atomic E-state index is 9.35. The van der Waals surface area contributed by atoms with Crippen LogP contribution in [0.2, 0.25) is 0 Å². The molecule has 3 aromatic heterocycles. The van der Waals surface area contributed by atoms with E-state index in [0.717, 1.165) is 55.6 Å². The van der Waals surface area contributed by atoms with Gasteiger partial charge in [0, 0.05) is 43.3 Å². The molecule has 4 heterocycles. The van der Waals surface area contributed by atoms with Crippen LogP contribution in [0.3, 0.4) is 0 Å². The minimum absolute atomic E-state index is 0. The molecule has 7 heteroatoms. The molecule has 262 valence electrons. The van der Waals surface area contributed by atoms with Crippen molar-refractivity contribution in [2.45, 2.75) is 98.1 Å². The molecule has 2 aliphatic rings. The normalized spacial score (nSPS) is 21.1. The second-order valence-corrected chi connectivity index (χ2v) is 15.6. The summed E-state index contributed by atoms with van der Waals surface area (Å²) in [7, 11) is 0. The third kappa shape index (κ3) is 5.62. The Hall–Kier alpha value is -4.28. The summed E-state index contributed by atoms with van der Waals surface area (Å²) in [4.78, 5) is 14.8. The molecule has 1 aliphatic heterocycles. The standard InChI is InChI=1S/C44H44N4O2.Pt/c1-25(2)37-22-32(23-38(46-37)41-47-44(10)36-15-13-27(4)28(5)35(36)24-43(44,9)50-41)49-31-19-26(3)18-30(21-31)48-39-16-14-29(42(6,7)8)20-34(39)33-12-11-17-45-40(33)48;/h11-20,22,25H,24H2,1-10H3;/q-2;+2/t43-,44+;/m0./s1/i24D2;. The zero-order valence-corrected chi connectivity index (χ0v) is 33.1. The van der Waals surface area contributed by atoms with Crippen LogP contribution in [0.1, 0.15) is 102 Å². The van der Waals surface area contributed by atoms with Crippen LogP contribution in [0, 0.1) is 32.9 Å².